The normalized spacial score (nSPS) is 12.5. The molecule has 4 nitrogen and oxygen atoms in total. The van der Waals surface area contributed by atoms with E-state index in [1.165, 1.54) is 11.1 Å². The first-order chi connectivity index (χ1) is 9.99. The number of hydrogen-bond donors (Lipinski definition) is 1. The highest BCUT2D eigenvalue weighted by Crippen LogP contribution is 2.34. The summed E-state index contributed by atoms with van der Waals surface area (Å²) in [7, 11) is 3.73. The standard InChI is InChI=1S/C17H25N3O/c1-7-18-16(15-10-12(3)19-20(15)5)14-9-8-11(2)13(4)17(14)21-6/h8-10,16,18H,7H2,1-6H3. The minimum absolute atomic E-state index is 0.0791. The third kappa shape index (κ3) is 2.95. The molecule has 0 amide bonds. The number of benzene rings is 1. The highest BCUT2D eigenvalue weighted by atomic mass is 16.5. The fourth-order valence-corrected chi connectivity index (χ4v) is 2.79. The van der Waals surface area contributed by atoms with Gasteiger partial charge < -0.3 is 10.1 Å². The van der Waals surface area contributed by atoms with Gasteiger partial charge in [-0.1, -0.05) is 19.1 Å². The molecule has 1 aromatic carbocycles. The van der Waals surface area contributed by atoms with Gasteiger partial charge in [-0.15, -0.1) is 0 Å². The molecule has 2 rings (SSSR count). The molecule has 0 aliphatic heterocycles. The number of hydrogen-bond acceptors (Lipinski definition) is 3. The average molecular weight is 287 g/mol. The summed E-state index contributed by atoms with van der Waals surface area (Å²) in [6.45, 7) is 9.23. The number of rotatable bonds is 5. The molecule has 0 saturated heterocycles. The zero-order valence-electron chi connectivity index (χ0n) is 13.8. The number of nitrogens with one attached hydrogen (secondary N) is 1. The lowest BCUT2D eigenvalue weighted by Gasteiger charge is -2.23. The lowest BCUT2D eigenvalue weighted by atomic mass is 9.97. The van der Waals surface area contributed by atoms with Crippen LogP contribution < -0.4 is 10.1 Å². The maximum Gasteiger partial charge on any atom is 0.127 e. The highest BCUT2D eigenvalue weighted by Gasteiger charge is 2.22. The Balaban J connectivity index is 2.58. The van der Waals surface area contributed by atoms with Gasteiger partial charge >= 0.3 is 0 Å². The Hall–Kier alpha value is -1.81. The molecule has 0 bridgehead atoms. The van der Waals surface area contributed by atoms with Gasteiger partial charge in [0, 0.05) is 12.6 Å². The fraction of sp³-hybridized carbons (Fsp3) is 0.471. The van der Waals surface area contributed by atoms with Gasteiger partial charge in [-0.05, 0) is 44.5 Å². The summed E-state index contributed by atoms with van der Waals surface area (Å²) in [4.78, 5) is 0. The van der Waals surface area contributed by atoms with Crippen LogP contribution in [0, 0.1) is 20.8 Å². The summed E-state index contributed by atoms with van der Waals surface area (Å²) in [6.07, 6.45) is 0. The van der Waals surface area contributed by atoms with E-state index in [4.69, 9.17) is 4.74 Å². The minimum atomic E-state index is 0.0791. The molecule has 0 fully saturated rings. The number of aryl methyl sites for hydroxylation is 3. The number of aromatic nitrogens is 2. The van der Waals surface area contributed by atoms with Crippen LogP contribution in [0.4, 0.5) is 0 Å². The van der Waals surface area contributed by atoms with Crippen molar-refractivity contribution in [3.8, 4) is 5.75 Å². The van der Waals surface area contributed by atoms with Crippen molar-refractivity contribution in [1.29, 1.82) is 0 Å². The van der Waals surface area contributed by atoms with E-state index in [2.05, 4.69) is 49.4 Å². The molecule has 1 aromatic heterocycles. The maximum atomic E-state index is 5.68. The first-order valence-corrected chi connectivity index (χ1v) is 7.37. The molecule has 0 aliphatic rings. The minimum Gasteiger partial charge on any atom is -0.496 e. The molecular weight excluding hydrogens is 262 g/mol. The SMILES string of the molecule is CCNC(c1ccc(C)c(C)c1OC)c1cc(C)nn1C. The summed E-state index contributed by atoms with van der Waals surface area (Å²) in [5.74, 6) is 0.958. The molecule has 4 heteroatoms. The molecule has 1 heterocycles. The van der Waals surface area contributed by atoms with Crippen molar-refractivity contribution in [2.45, 2.75) is 33.7 Å². The van der Waals surface area contributed by atoms with Crippen LogP contribution in [0.1, 0.15) is 41.0 Å². The van der Waals surface area contributed by atoms with Crippen LogP contribution in [-0.2, 0) is 7.05 Å². The van der Waals surface area contributed by atoms with Crippen molar-refractivity contribution in [2.75, 3.05) is 13.7 Å². The van der Waals surface area contributed by atoms with Gasteiger partial charge in [-0.25, -0.2) is 0 Å². The van der Waals surface area contributed by atoms with E-state index in [0.29, 0.717) is 0 Å². The predicted octanol–water partition coefficient (Wildman–Crippen LogP) is 3.05. The molecule has 1 unspecified atom stereocenters. The summed E-state index contributed by atoms with van der Waals surface area (Å²) < 4.78 is 7.62. The summed E-state index contributed by atoms with van der Waals surface area (Å²) in [5, 5.41) is 8.02. The Morgan fingerprint density at radius 1 is 1.29 bits per heavy atom. The molecule has 2 aromatic rings. The zero-order chi connectivity index (χ0) is 15.6. The Labute approximate surface area is 127 Å². The molecule has 0 saturated carbocycles. The Morgan fingerprint density at radius 2 is 2.00 bits per heavy atom. The molecule has 0 spiro atoms. The van der Waals surface area contributed by atoms with Crippen LogP contribution in [0.5, 0.6) is 5.75 Å². The zero-order valence-corrected chi connectivity index (χ0v) is 13.8. The largest absolute Gasteiger partial charge is 0.496 e. The van der Waals surface area contributed by atoms with Gasteiger partial charge in [-0.3, -0.25) is 4.68 Å². The quantitative estimate of drug-likeness (QED) is 0.918. The van der Waals surface area contributed by atoms with Gasteiger partial charge in [0.2, 0.25) is 0 Å². The van der Waals surface area contributed by atoms with E-state index in [1.807, 2.05) is 18.7 Å². The van der Waals surface area contributed by atoms with Crippen molar-refractivity contribution in [2.24, 2.45) is 7.05 Å². The van der Waals surface area contributed by atoms with Gasteiger partial charge in [0.1, 0.15) is 5.75 Å². The smallest absolute Gasteiger partial charge is 0.127 e. The summed E-state index contributed by atoms with van der Waals surface area (Å²) in [6, 6.07) is 6.51. The van der Waals surface area contributed by atoms with E-state index in [9.17, 15) is 0 Å². The predicted molar refractivity (Wildman–Crippen MR) is 85.9 cm³/mol. The average Bonchev–Trinajstić information content (AvgIpc) is 2.78. The van der Waals surface area contributed by atoms with Crippen molar-refractivity contribution in [3.63, 3.8) is 0 Å². The van der Waals surface area contributed by atoms with Crippen LogP contribution in [-0.4, -0.2) is 23.4 Å². The van der Waals surface area contributed by atoms with E-state index < -0.39 is 0 Å². The Kier molecular flexibility index (Phi) is 4.68. The van der Waals surface area contributed by atoms with Crippen molar-refractivity contribution in [3.05, 3.63) is 46.3 Å². The lowest BCUT2D eigenvalue weighted by Crippen LogP contribution is -2.25. The van der Waals surface area contributed by atoms with Gasteiger partial charge in [0.05, 0.1) is 24.5 Å². The van der Waals surface area contributed by atoms with Crippen LogP contribution in [0.3, 0.4) is 0 Å². The fourth-order valence-electron chi connectivity index (χ4n) is 2.79. The van der Waals surface area contributed by atoms with E-state index in [-0.39, 0.29) is 6.04 Å². The topological polar surface area (TPSA) is 39.1 Å². The van der Waals surface area contributed by atoms with Crippen LogP contribution in [0.15, 0.2) is 18.2 Å². The molecule has 21 heavy (non-hydrogen) atoms. The van der Waals surface area contributed by atoms with Gasteiger partial charge in [-0.2, -0.15) is 5.10 Å². The number of nitrogens with zero attached hydrogens (tertiary/aromatic N) is 2. The van der Waals surface area contributed by atoms with Crippen LogP contribution >= 0.6 is 0 Å². The van der Waals surface area contributed by atoms with Crippen molar-refractivity contribution in [1.82, 2.24) is 15.1 Å². The molecule has 0 radical (unpaired) electrons. The van der Waals surface area contributed by atoms with E-state index >= 15 is 0 Å². The summed E-state index contributed by atoms with van der Waals surface area (Å²) >= 11 is 0. The Morgan fingerprint density at radius 3 is 2.52 bits per heavy atom. The highest BCUT2D eigenvalue weighted by molar-refractivity contribution is 5.49. The first kappa shape index (κ1) is 15.6. The molecular formula is C17H25N3O. The first-order valence-electron chi connectivity index (χ1n) is 7.37. The maximum absolute atomic E-state index is 5.68. The van der Waals surface area contributed by atoms with Crippen molar-refractivity contribution >= 4 is 0 Å². The van der Waals surface area contributed by atoms with E-state index in [1.54, 1.807) is 7.11 Å². The number of methoxy groups -OCH3 is 1. The second-order valence-electron chi connectivity index (χ2n) is 5.45. The lowest BCUT2D eigenvalue weighted by molar-refractivity contribution is 0.399. The van der Waals surface area contributed by atoms with Crippen molar-refractivity contribution < 1.29 is 4.74 Å². The third-order valence-corrected chi connectivity index (χ3v) is 3.96. The van der Waals surface area contributed by atoms with E-state index in [0.717, 1.165) is 29.2 Å². The number of ether oxygens (including phenoxy) is 1. The molecule has 114 valence electrons. The van der Waals surface area contributed by atoms with Crippen LogP contribution in [0.25, 0.3) is 0 Å². The molecule has 1 atom stereocenters. The Bertz CT molecular complexity index is 631. The third-order valence-electron chi connectivity index (χ3n) is 3.96. The van der Waals surface area contributed by atoms with Gasteiger partial charge in [0.15, 0.2) is 0 Å². The second-order valence-corrected chi connectivity index (χ2v) is 5.45. The molecule has 1 N–H and O–H groups in total. The monoisotopic (exact) mass is 287 g/mol. The second kappa shape index (κ2) is 6.31. The molecule has 0 aliphatic carbocycles. The summed E-state index contributed by atoms with van der Waals surface area (Å²) in [5.41, 5.74) is 5.77. The van der Waals surface area contributed by atoms with Crippen LogP contribution in [0.2, 0.25) is 0 Å². The van der Waals surface area contributed by atoms with Gasteiger partial charge in [0.25, 0.3) is 0 Å².